The average Bonchev–Trinajstić information content (AvgIpc) is 1.97. The SMILES string of the molecule is CCCCN(CCO)S(=O)[O-]. The van der Waals surface area contributed by atoms with Gasteiger partial charge < -0.3 is 9.66 Å². The highest BCUT2D eigenvalue weighted by molar-refractivity contribution is 7.76. The summed E-state index contributed by atoms with van der Waals surface area (Å²) in [7, 11) is 0. The summed E-state index contributed by atoms with van der Waals surface area (Å²) in [6.07, 6.45) is 1.80. The standard InChI is InChI=1S/C6H15NO3S/c1-2-3-4-7(5-6-8)11(9)10/h8H,2-6H2,1H3,(H,9,10)/p-1. The Morgan fingerprint density at radius 2 is 2.18 bits per heavy atom. The summed E-state index contributed by atoms with van der Waals surface area (Å²) in [5.74, 6) is 0. The molecule has 0 aliphatic heterocycles. The largest absolute Gasteiger partial charge is 0.760 e. The molecule has 68 valence electrons. The van der Waals surface area contributed by atoms with Gasteiger partial charge in [0.25, 0.3) is 0 Å². The molecule has 0 bridgehead atoms. The van der Waals surface area contributed by atoms with Gasteiger partial charge in [-0.1, -0.05) is 13.3 Å². The molecule has 1 atom stereocenters. The maximum Gasteiger partial charge on any atom is 0.0568 e. The summed E-state index contributed by atoms with van der Waals surface area (Å²) in [4.78, 5) is 0. The van der Waals surface area contributed by atoms with E-state index in [9.17, 15) is 8.76 Å². The Morgan fingerprint density at radius 1 is 1.55 bits per heavy atom. The fourth-order valence-corrected chi connectivity index (χ4v) is 1.22. The molecular weight excluding hydrogens is 166 g/mol. The van der Waals surface area contributed by atoms with Crippen molar-refractivity contribution >= 4 is 11.3 Å². The molecule has 0 aromatic rings. The second-order valence-electron chi connectivity index (χ2n) is 2.22. The van der Waals surface area contributed by atoms with Crippen molar-refractivity contribution in [2.75, 3.05) is 19.7 Å². The maximum absolute atomic E-state index is 10.4. The van der Waals surface area contributed by atoms with Crippen LogP contribution >= 0.6 is 0 Å². The van der Waals surface area contributed by atoms with E-state index in [4.69, 9.17) is 5.11 Å². The van der Waals surface area contributed by atoms with Gasteiger partial charge in [0.1, 0.15) is 0 Å². The van der Waals surface area contributed by atoms with Crippen LogP contribution in [0.4, 0.5) is 0 Å². The van der Waals surface area contributed by atoms with Crippen LogP contribution in [0.3, 0.4) is 0 Å². The zero-order valence-corrected chi connectivity index (χ0v) is 7.47. The summed E-state index contributed by atoms with van der Waals surface area (Å²) >= 11 is -2.18. The topological polar surface area (TPSA) is 63.6 Å². The van der Waals surface area contributed by atoms with E-state index in [1.807, 2.05) is 6.92 Å². The van der Waals surface area contributed by atoms with Crippen molar-refractivity contribution in [2.24, 2.45) is 0 Å². The van der Waals surface area contributed by atoms with Gasteiger partial charge in [-0.25, -0.2) is 4.31 Å². The van der Waals surface area contributed by atoms with Crippen molar-refractivity contribution in [3.05, 3.63) is 0 Å². The Balaban J connectivity index is 3.60. The van der Waals surface area contributed by atoms with Crippen LogP contribution in [0, 0.1) is 0 Å². The highest BCUT2D eigenvalue weighted by atomic mass is 32.2. The van der Waals surface area contributed by atoms with E-state index < -0.39 is 11.3 Å². The molecule has 4 nitrogen and oxygen atoms in total. The monoisotopic (exact) mass is 180 g/mol. The van der Waals surface area contributed by atoms with Crippen molar-refractivity contribution in [1.29, 1.82) is 0 Å². The summed E-state index contributed by atoms with van der Waals surface area (Å²) in [5.41, 5.74) is 0. The van der Waals surface area contributed by atoms with Crippen molar-refractivity contribution in [3.8, 4) is 0 Å². The van der Waals surface area contributed by atoms with Gasteiger partial charge in [0.2, 0.25) is 0 Å². The molecule has 0 saturated carbocycles. The van der Waals surface area contributed by atoms with Gasteiger partial charge in [0.05, 0.1) is 6.61 Å². The molecule has 0 rings (SSSR count). The summed E-state index contributed by atoms with van der Waals surface area (Å²) in [6, 6.07) is 0. The Hall–Kier alpha value is 0.0300. The molecule has 0 radical (unpaired) electrons. The van der Waals surface area contributed by atoms with Gasteiger partial charge in [0.15, 0.2) is 0 Å². The molecule has 0 aliphatic carbocycles. The van der Waals surface area contributed by atoms with Crippen molar-refractivity contribution in [3.63, 3.8) is 0 Å². The fourth-order valence-electron chi connectivity index (χ4n) is 0.707. The second-order valence-corrected chi connectivity index (χ2v) is 3.17. The zero-order valence-electron chi connectivity index (χ0n) is 6.65. The molecular formula is C6H14NO3S-. The predicted octanol–water partition coefficient (Wildman–Crippen LogP) is -0.125. The van der Waals surface area contributed by atoms with Crippen LogP contribution in [0.25, 0.3) is 0 Å². The third-order valence-electron chi connectivity index (χ3n) is 1.32. The van der Waals surface area contributed by atoms with Crippen LogP contribution in [-0.2, 0) is 11.3 Å². The molecule has 5 heteroatoms. The first-order chi connectivity index (χ1) is 5.22. The lowest BCUT2D eigenvalue weighted by Gasteiger charge is -2.22. The van der Waals surface area contributed by atoms with Crippen LogP contribution in [-0.4, -0.2) is 37.9 Å². The third kappa shape index (κ3) is 5.32. The van der Waals surface area contributed by atoms with Gasteiger partial charge in [-0.05, 0) is 6.42 Å². The van der Waals surface area contributed by atoms with E-state index in [2.05, 4.69) is 0 Å². The smallest absolute Gasteiger partial charge is 0.0568 e. The number of hydrogen-bond acceptors (Lipinski definition) is 3. The van der Waals surface area contributed by atoms with Crippen molar-refractivity contribution in [1.82, 2.24) is 4.31 Å². The zero-order chi connectivity index (χ0) is 8.69. The second kappa shape index (κ2) is 6.72. The normalized spacial score (nSPS) is 13.8. The van der Waals surface area contributed by atoms with E-state index in [0.717, 1.165) is 12.8 Å². The maximum atomic E-state index is 10.4. The van der Waals surface area contributed by atoms with Crippen LogP contribution in [0.5, 0.6) is 0 Å². The van der Waals surface area contributed by atoms with Gasteiger partial charge in [-0.2, -0.15) is 0 Å². The minimum atomic E-state index is -2.18. The Morgan fingerprint density at radius 3 is 2.55 bits per heavy atom. The molecule has 0 aromatic carbocycles. The highest BCUT2D eigenvalue weighted by Gasteiger charge is 2.01. The molecule has 0 aromatic heterocycles. The first-order valence-electron chi connectivity index (χ1n) is 3.67. The third-order valence-corrected chi connectivity index (χ3v) is 2.11. The number of aliphatic hydroxyl groups excluding tert-OH is 1. The average molecular weight is 180 g/mol. The number of hydrogen-bond donors (Lipinski definition) is 1. The van der Waals surface area contributed by atoms with Crippen LogP contribution in [0.2, 0.25) is 0 Å². The van der Waals surface area contributed by atoms with E-state index in [0.29, 0.717) is 6.54 Å². The van der Waals surface area contributed by atoms with Gasteiger partial charge in [-0.15, -0.1) is 0 Å². The Labute approximate surface area is 69.6 Å². The van der Waals surface area contributed by atoms with Crippen LogP contribution in [0.1, 0.15) is 19.8 Å². The van der Waals surface area contributed by atoms with Crippen LogP contribution in [0.15, 0.2) is 0 Å². The lowest BCUT2D eigenvalue weighted by Crippen LogP contribution is -2.29. The molecule has 0 amide bonds. The van der Waals surface area contributed by atoms with Crippen molar-refractivity contribution in [2.45, 2.75) is 19.8 Å². The Kier molecular flexibility index (Phi) is 6.74. The van der Waals surface area contributed by atoms with Crippen molar-refractivity contribution < 1.29 is 13.9 Å². The Bertz CT molecular complexity index is 120. The molecule has 1 unspecified atom stereocenters. The van der Waals surface area contributed by atoms with Gasteiger partial charge in [0, 0.05) is 24.4 Å². The van der Waals surface area contributed by atoms with Gasteiger partial charge in [-0.3, -0.25) is 4.21 Å². The fraction of sp³-hybridized carbons (Fsp3) is 1.00. The molecule has 0 spiro atoms. The number of aliphatic hydroxyl groups is 1. The van der Waals surface area contributed by atoms with E-state index >= 15 is 0 Å². The molecule has 1 N–H and O–H groups in total. The van der Waals surface area contributed by atoms with E-state index in [1.54, 1.807) is 0 Å². The number of unbranched alkanes of at least 4 members (excludes halogenated alkanes) is 1. The number of nitrogens with zero attached hydrogens (tertiary/aromatic N) is 1. The quantitative estimate of drug-likeness (QED) is 0.579. The lowest BCUT2D eigenvalue weighted by molar-refractivity contribution is 0.249. The molecule has 0 fully saturated rings. The summed E-state index contributed by atoms with van der Waals surface area (Å²) in [6.45, 7) is 2.59. The minimum Gasteiger partial charge on any atom is -0.760 e. The molecule has 0 heterocycles. The first-order valence-corrected chi connectivity index (χ1v) is 4.70. The predicted molar refractivity (Wildman–Crippen MR) is 42.5 cm³/mol. The van der Waals surface area contributed by atoms with Gasteiger partial charge >= 0.3 is 0 Å². The molecule has 0 aliphatic rings. The van der Waals surface area contributed by atoms with E-state index in [-0.39, 0.29) is 13.2 Å². The van der Waals surface area contributed by atoms with Crippen LogP contribution < -0.4 is 0 Å². The number of rotatable bonds is 6. The summed E-state index contributed by atoms with van der Waals surface area (Å²) < 4.78 is 22.0. The highest BCUT2D eigenvalue weighted by Crippen LogP contribution is 1.96. The molecule has 11 heavy (non-hydrogen) atoms. The lowest BCUT2D eigenvalue weighted by atomic mass is 10.3. The van der Waals surface area contributed by atoms with E-state index in [1.165, 1.54) is 4.31 Å². The minimum absolute atomic E-state index is 0.113. The first kappa shape index (κ1) is 11.0. The molecule has 0 saturated heterocycles. The summed E-state index contributed by atoms with van der Waals surface area (Å²) in [5, 5.41) is 8.47.